The summed E-state index contributed by atoms with van der Waals surface area (Å²) >= 11 is 1.75. The van der Waals surface area contributed by atoms with Crippen LogP contribution in [0, 0.1) is 18.8 Å². The predicted molar refractivity (Wildman–Crippen MR) is 71.3 cm³/mol. The molecule has 1 unspecified atom stereocenters. The molecule has 0 aliphatic carbocycles. The third-order valence-corrected chi connectivity index (χ3v) is 3.59. The highest BCUT2D eigenvalue weighted by molar-refractivity contribution is 7.11. The number of carboxylic acid groups (broad SMARTS) is 1. The van der Waals surface area contributed by atoms with Crippen LogP contribution in [0.25, 0.3) is 0 Å². The molecule has 2 N–H and O–H groups in total. The van der Waals surface area contributed by atoms with Gasteiger partial charge in [0.15, 0.2) is 0 Å². The summed E-state index contributed by atoms with van der Waals surface area (Å²) in [5.74, 6) is -0.563. The summed E-state index contributed by atoms with van der Waals surface area (Å²) in [5, 5.41) is 12.3. The molecule has 0 radical (unpaired) electrons. The van der Waals surface area contributed by atoms with E-state index in [0.29, 0.717) is 12.5 Å². The Bertz CT molecular complexity index is 360. The summed E-state index contributed by atoms with van der Waals surface area (Å²) in [6, 6.07) is 4.18. The van der Waals surface area contributed by atoms with Crippen LogP contribution in [0.15, 0.2) is 12.1 Å². The molecule has 0 fully saturated rings. The molecule has 0 aliphatic rings. The molecule has 3 nitrogen and oxygen atoms in total. The number of thiophene rings is 1. The summed E-state index contributed by atoms with van der Waals surface area (Å²) in [6.07, 6.45) is 0.728. The minimum Gasteiger partial charge on any atom is -0.481 e. The number of hydrogen-bond donors (Lipinski definition) is 2. The van der Waals surface area contributed by atoms with Crippen LogP contribution in [-0.4, -0.2) is 17.6 Å². The number of carboxylic acids is 1. The molecule has 0 spiro atoms. The van der Waals surface area contributed by atoms with Crippen molar-refractivity contribution in [3.63, 3.8) is 0 Å². The average Bonchev–Trinajstić information content (AvgIpc) is 2.62. The largest absolute Gasteiger partial charge is 0.481 e. The van der Waals surface area contributed by atoms with Crippen molar-refractivity contribution in [2.24, 2.45) is 11.8 Å². The number of aliphatic carboxylic acids is 1. The first-order chi connectivity index (χ1) is 7.99. The molecule has 1 aromatic heterocycles. The lowest BCUT2D eigenvalue weighted by molar-refractivity contribution is -0.142. The number of hydrogen-bond acceptors (Lipinski definition) is 3. The van der Waals surface area contributed by atoms with Gasteiger partial charge in [-0.05, 0) is 31.4 Å². The third-order valence-electron chi connectivity index (χ3n) is 2.59. The summed E-state index contributed by atoms with van der Waals surface area (Å²) in [7, 11) is 0. The Morgan fingerprint density at radius 2 is 2.18 bits per heavy atom. The molecule has 0 aliphatic heterocycles. The SMILES string of the molecule is Cc1ccc(CNCC(CC(C)C)C(=O)O)s1. The van der Waals surface area contributed by atoms with E-state index in [1.54, 1.807) is 11.3 Å². The van der Waals surface area contributed by atoms with E-state index in [-0.39, 0.29) is 5.92 Å². The third kappa shape index (κ3) is 5.33. The van der Waals surface area contributed by atoms with Crippen LogP contribution in [0.5, 0.6) is 0 Å². The molecule has 0 bridgehead atoms. The highest BCUT2D eigenvalue weighted by atomic mass is 32.1. The fourth-order valence-electron chi connectivity index (χ4n) is 1.79. The fraction of sp³-hybridized carbons (Fsp3) is 0.615. The van der Waals surface area contributed by atoms with Crippen molar-refractivity contribution >= 4 is 17.3 Å². The molecule has 0 amide bonds. The van der Waals surface area contributed by atoms with E-state index >= 15 is 0 Å². The van der Waals surface area contributed by atoms with Gasteiger partial charge in [-0.3, -0.25) is 4.79 Å². The van der Waals surface area contributed by atoms with Gasteiger partial charge in [0, 0.05) is 22.8 Å². The van der Waals surface area contributed by atoms with Crippen molar-refractivity contribution in [3.8, 4) is 0 Å². The molecular formula is C13H21NO2S. The van der Waals surface area contributed by atoms with E-state index in [9.17, 15) is 4.79 Å². The van der Waals surface area contributed by atoms with Crippen molar-refractivity contribution in [1.82, 2.24) is 5.32 Å². The van der Waals surface area contributed by atoms with Crippen LogP contribution in [-0.2, 0) is 11.3 Å². The normalized spacial score (nSPS) is 12.9. The maximum Gasteiger partial charge on any atom is 0.307 e. The van der Waals surface area contributed by atoms with Gasteiger partial charge in [-0.15, -0.1) is 11.3 Å². The Morgan fingerprint density at radius 1 is 1.47 bits per heavy atom. The first-order valence-corrected chi connectivity index (χ1v) is 6.79. The van der Waals surface area contributed by atoms with Gasteiger partial charge >= 0.3 is 5.97 Å². The number of aryl methyl sites for hydroxylation is 1. The highest BCUT2D eigenvalue weighted by Gasteiger charge is 2.18. The van der Waals surface area contributed by atoms with E-state index in [0.717, 1.165) is 13.0 Å². The highest BCUT2D eigenvalue weighted by Crippen LogP contribution is 2.15. The zero-order valence-electron chi connectivity index (χ0n) is 10.7. The van der Waals surface area contributed by atoms with Gasteiger partial charge in [0.05, 0.1) is 5.92 Å². The molecule has 4 heteroatoms. The van der Waals surface area contributed by atoms with Crippen LogP contribution >= 0.6 is 11.3 Å². The first kappa shape index (κ1) is 14.2. The Hall–Kier alpha value is -0.870. The maximum absolute atomic E-state index is 11.0. The summed E-state index contributed by atoms with van der Waals surface area (Å²) in [5.41, 5.74) is 0. The fourth-order valence-corrected chi connectivity index (χ4v) is 2.65. The molecule has 17 heavy (non-hydrogen) atoms. The van der Waals surface area contributed by atoms with Crippen molar-refractivity contribution in [1.29, 1.82) is 0 Å². The van der Waals surface area contributed by atoms with Gasteiger partial charge < -0.3 is 10.4 Å². The van der Waals surface area contributed by atoms with Gasteiger partial charge in [-0.1, -0.05) is 13.8 Å². The van der Waals surface area contributed by atoms with E-state index in [1.165, 1.54) is 9.75 Å². The van der Waals surface area contributed by atoms with Crippen LogP contribution in [0.2, 0.25) is 0 Å². The molecule has 0 saturated heterocycles. The Balaban J connectivity index is 2.34. The number of nitrogens with one attached hydrogen (secondary N) is 1. The lowest BCUT2D eigenvalue weighted by Crippen LogP contribution is -2.29. The standard InChI is InChI=1S/C13H21NO2S/c1-9(2)6-11(13(15)16)7-14-8-12-5-4-10(3)17-12/h4-5,9,11,14H,6-8H2,1-3H3,(H,15,16). The van der Waals surface area contributed by atoms with Crippen LogP contribution in [0.4, 0.5) is 0 Å². The van der Waals surface area contributed by atoms with Crippen LogP contribution in [0.3, 0.4) is 0 Å². The van der Waals surface area contributed by atoms with Crippen molar-refractivity contribution in [2.45, 2.75) is 33.7 Å². The lowest BCUT2D eigenvalue weighted by Gasteiger charge is -2.15. The monoisotopic (exact) mass is 255 g/mol. The minimum atomic E-state index is -0.700. The van der Waals surface area contributed by atoms with E-state index in [2.05, 4.69) is 38.2 Å². The number of carbonyl (C=O) groups is 1. The molecule has 1 atom stereocenters. The predicted octanol–water partition coefficient (Wildman–Crippen LogP) is 2.89. The minimum absolute atomic E-state index is 0.281. The summed E-state index contributed by atoms with van der Waals surface area (Å²) in [6.45, 7) is 7.50. The number of rotatable bonds is 7. The molecule has 0 saturated carbocycles. The molecule has 1 rings (SSSR count). The summed E-state index contributed by atoms with van der Waals surface area (Å²) < 4.78 is 0. The van der Waals surface area contributed by atoms with Gasteiger partial charge in [0.25, 0.3) is 0 Å². The van der Waals surface area contributed by atoms with Crippen molar-refractivity contribution < 1.29 is 9.90 Å². The topological polar surface area (TPSA) is 49.3 Å². The van der Waals surface area contributed by atoms with E-state index in [4.69, 9.17) is 5.11 Å². The van der Waals surface area contributed by atoms with Crippen LogP contribution < -0.4 is 5.32 Å². The average molecular weight is 255 g/mol. The zero-order valence-corrected chi connectivity index (χ0v) is 11.5. The Kier molecular flexibility index (Phi) is 5.65. The second kappa shape index (κ2) is 6.77. The van der Waals surface area contributed by atoms with Gasteiger partial charge in [0.1, 0.15) is 0 Å². The molecule has 0 aromatic carbocycles. The molecule has 1 aromatic rings. The Morgan fingerprint density at radius 3 is 2.65 bits per heavy atom. The van der Waals surface area contributed by atoms with Gasteiger partial charge in [-0.2, -0.15) is 0 Å². The summed E-state index contributed by atoms with van der Waals surface area (Å²) in [4.78, 5) is 13.6. The van der Waals surface area contributed by atoms with E-state index < -0.39 is 5.97 Å². The van der Waals surface area contributed by atoms with Crippen molar-refractivity contribution in [2.75, 3.05) is 6.54 Å². The first-order valence-electron chi connectivity index (χ1n) is 5.98. The second-order valence-corrected chi connectivity index (χ2v) is 6.18. The van der Waals surface area contributed by atoms with Crippen LogP contribution in [0.1, 0.15) is 30.0 Å². The van der Waals surface area contributed by atoms with Gasteiger partial charge in [0.2, 0.25) is 0 Å². The van der Waals surface area contributed by atoms with Crippen molar-refractivity contribution in [3.05, 3.63) is 21.9 Å². The second-order valence-electron chi connectivity index (χ2n) is 4.81. The van der Waals surface area contributed by atoms with E-state index in [1.807, 2.05) is 0 Å². The van der Waals surface area contributed by atoms with Gasteiger partial charge in [-0.25, -0.2) is 0 Å². The maximum atomic E-state index is 11.0. The Labute approximate surface area is 107 Å². The molecule has 1 heterocycles. The quantitative estimate of drug-likeness (QED) is 0.787. The molecular weight excluding hydrogens is 234 g/mol. The molecule has 96 valence electrons. The lowest BCUT2D eigenvalue weighted by atomic mass is 9.97. The smallest absolute Gasteiger partial charge is 0.307 e. The zero-order chi connectivity index (χ0) is 12.8.